The van der Waals surface area contributed by atoms with Gasteiger partial charge in [-0.2, -0.15) is 0 Å². The molecule has 0 radical (unpaired) electrons. The summed E-state index contributed by atoms with van der Waals surface area (Å²) in [4.78, 5) is 11.0. The third kappa shape index (κ3) is 1.45. The number of para-hydroxylation sites is 1. The van der Waals surface area contributed by atoms with Gasteiger partial charge in [0, 0.05) is 0 Å². The van der Waals surface area contributed by atoms with E-state index in [1.807, 2.05) is 0 Å². The highest BCUT2D eigenvalue weighted by Gasteiger charge is 2.13. The molecule has 2 aromatic heterocycles. The molecule has 3 rings (SSSR count). The number of phenols is 1. The maximum absolute atomic E-state index is 11.0. The molecule has 0 aliphatic heterocycles. The van der Waals surface area contributed by atoms with Crippen LogP contribution in [0.25, 0.3) is 17.0 Å². The Kier molecular flexibility index (Phi) is 2.30. The fourth-order valence-electron chi connectivity index (χ4n) is 1.90. The fraction of sp³-hybridized carbons (Fsp3) is 0. The molecule has 0 aliphatic rings. The van der Waals surface area contributed by atoms with E-state index in [4.69, 9.17) is 0 Å². The van der Waals surface area contributed by atoms with E-state index < -0.39 is 0 Å². The molecule has 0 aliphatic carbocycles. The maximum atomic E-state index is 11.0. The summed E-state index contributed by atoms with van der Waals surface area (Å²) < 4.78 is 1.61. The minimum atomic E-state index is 0.104. The van der Waals surface area contributed by atoms with Gasteiger partial charge in [0.2, 0.25) is 0 Å². The van der Waals surface area contributed by atoms with Gasteiger partial charge in [0.25, 0.3) is 0 Å². The number of benzene rings is 1. The molecule has 3 aromatic rings. The Morgan fingerprint density at radius 2 is 1.89 bits per heavy atom. The number of aromatic nitrogens is 3. The van der Waals surface area contributed by atoms with Crippen LogP contribution in [0, 0.1) is 0 Å². The van der Waals surface area contributed by atoms with Gasteiger partial charge in [-0.3, -0.25) is 9.20 Å². The first-order valence-electron chi connectivity index (χ1n) is 5.39. The lowest BCUT2D eigenvalue weighted by Gasteiger charge is -2.04. The van der Waals surface area contributed by atoms with Crippen LogP contribution in [-0.4, -0.2) is 26.0 Å². The van der Waals surface area contributed by atoms with Crippen molar-refractivity contribution in [3.8, 4) is 17.1 Å². The molecular formula is C13H9N3O2. The average molecular weight is 239 g/mol. The number of carbonyl (C=O) groups is 1. The molecule has 0 unspecified atom stereocenters. The highest BCUT2D eigenvalue weighted by molar-refractivity contribution is 5.77. The van der Waals surface area contributed by atoms with Crippen molar-refractivity contribution in [3.63, 3.8) is 0 Å². The number of fused-ring (bicyclic) bond motifs is 1. The van der Waals surface area contributed by atoms with E-state index >= 15 is 0 Å². The van der Waals surface area contributed by atoms with Crippen molar-refractivity contribution in [2.75, 3.05) is 0 Å². The van der Waals surface area contributed by atoms with Crippen LogP contribution in [0.1, 0.15) is 10.5 Å². The summed E-state index contributed by atoms with van der Waals surface area (Å²) in [6.45, 7) is 0. The van der Waals surface area contributed by atoms with Crippen molar-refractivity contribution < 1.29 is 9.90 Å². The van der Waals surface area contributed by atoms with Gasteiger partial charge in [0.15, 0.2) is 17.8 Å². The highest BCUT2D eigenvalue weighted by Crippen LogP contribution is 2.27. The molecule has 0 saturated heterocycles. The van der Waals surface area contributed by atoms with Gasteiger partial charge in [0.1, 0.15) is 5.75 Å². The number of nitrogens with zero attached hydrogens (tertiary/aromatic N) is 3. The van der Waals surface area contributed by atoms with Gasteiger partial charge in [-0.15, -0.1) is 10.2 Å². The third-order valence-electron chi connectivity index (χ3n) is 2.72. The van der Waals surface area contributed by atoms with Crippen molar-refractivity contribution in [3.05, 3.63) is 48.2 Å². The summed E-state index contributed by atoms with van der Waals surface area (Å²) in [6, 6.07) is 12.0. The molecule has 0 spiro atoms. The van der Waals surface area contributed by atoms with Crippen molar-refractivity contribution in [2.24, 2.45) is 0 Å². The molecule has 2 heterocycles. The number of phenolic OH excluding ortho intramolecular Hbond substituents is 1. The van der Waals surface area contributed by atoms with Crippen molar-refractivity contribution in [2.45, 2.75) is 0 Å². The van der Waals surface area contributed by atoms with Gasteiger partial charge in [-0.05, 0) is 24.3 Å². The van der Waals surface area contributed by atoms with Crippen LogP contribution < -0.4 is 0 Å². The summed E-state index contributed by atoms with van der Waals surface area (Å²) in [6.07, 6.45) is 0.736. The average Bonchev–Trinajstić information content (AvgIpc) is 2.83. The van der Waals surface area contributed by atoms with E-state index in [0.29, 0.717) is 22.7 Å². The molecule has 5 nitrogen and oxygen atoms in total. The second kappa shape index (κ2) is 3.96. The number of pyridine rings is 1. The molecule has 88 valence electrons. The van der Waals surface area contributed by atoms with Crippen LogP contribution in [0.5, 0.6) is 5.75 Å². The number of aromatic hydroxyl groups is 1. The molecule has 0 amide bonds. The van der Waals surface area contributed by atoms with Crippen LogP contribution >= 0.6 is 0 Å². The number of rotatable bonds is 2. The number of aldehydes is 1. The van der Waals surface area contributed by atoms with Crippen LogP contribution in [0.2, 0.25) is 0 Å². The smallest absolute Gasteiger partial charge is 0.172 e. The predicted molar refractivity (Wildman–Crippen MR) is 65.5 cm³/mol. The monoisotopic (exact) mass is 239 g/mol. The molecular weight excluding hydrogens is 230 g/mol. The van der Waals surface area contributed by atoms with Gasteiger partial charge >= 0.3 is 0 Å². The molecule has 18 heavy (non-hydrogen) atoms. The summed E-state index contributed by atoms with van der Waals surface area (Å²) in [5.74, 6) is 0.554. The molecule has 1 aromatic carbocycles. The molecule has 0 fully saturated rings. The first kappa shape index (κ1) is 10.5. The lowest BCUT2D eigenvalue weighted by atomic mass is 10.2. The van der Waals surface area contributed by atoms with Crippen LogP contribution in [-0.2, 0) is 0 Å². The third-order valence-corrected chi connectivity index (χ3v) is 2.72. The molecule has 0 saturated carbocycles. The first-order chi connectivity index (χ1) is 8.81. The van der Waals surface area contributed by atoms with E-state index in [1.54, 1.807) is 46.9 Å². The van der Waals surface area contributed by atoms with E-state index in [2.05, 4.69) is 10.2 Å². The number of hydrogen-bond acceptors (Lipinski definition) is 4. The minimum Gasteiger partial charge on any atom is -0.507 e. The summed E-state index contributed by atoms with van der Waals surface area (Å²) in [5.41, 5.74) is 1.55. The quantitative estimate of drug-likeness (QED) is 0.694. The zero-order chi connectivity index (χ0) is 12.5. The number of carbonyl (C=O) groups excluding carboxylic acids is 1. The van der Waals surface area contributed by atoms with E-state index in [0.717, 1.165) is 6.29 Å². The lowest BCUT2D eigenvalue weighted by molar-refractivity contribution is 0.111. The van der Waals surface area contributed by atoms with E-state index in [-0.39, 0.29) is 5.75 Å². The first-order valence-corrected chi connectivity index (χ1v) is 5.39. The van der Waals surface area contributed by atoms with E-state index in [1.165, 1.54) is 0 Å². The largest absolute Gasteiger partial charge is 0.507 e. The number of hydrogen-bond donors (Lipinski definition) is 1. The summed E-state index contributed by atoms with van der Waals surface area (Å²) >= 11 is 0. The predicted octanol–water partition coefficient (Wildman–Crippen LogP) is 1.91. The Hall–Kier alpha value is -2.69. The van der Waals surface area contributed by atoms with Gasteiger partial charge in [-0.1, -0.05) is 18.2 Å². The maximum Gasteiger partial charge on any atom is 0.172 e. The van der Waals surface area contributed by atoms with Crippen LogP contribution in [0.3, 0.4) is 0 Å². The molecule has 0 bridgehead atoms. The molecule has 0 atom stereocenters. The SMILES string of the molecule is O=Cc1cccc2nnc(-c3ccccc3O)n12. The standard InChI is InChI=1S/C13H9N3O2/c17-8-9-4-3-7-12-14-15-13(16(9)12)10-5-1-2-6-11(10)18/h1-8,18H. The Balaban J connectivity index is 2.37. The Bertz CT molecular complexity index is 734. The molecule has 1 N–H and O–H groups in total. The second-order valence-corrected chi connectivity index (χ2v) is 3.80. The minimum absolute atomic E-state index is 0.104. The van der Waals surface area contributed by atoms with Gasteiger partial charge in [0.05, 0.1) is 11.3 Å². The fourth-order valence-corrected chi connectivity index (χ4v) is 1.90. The Morgan fingerprint density at radius 1 is 1.06 bits per heavy atom. The summed E-state index contributed by atoms with van der Waals surface area (Å²) in [7, 11) is 0. The Morgan fingerprint density at radius 3 is 2.67 bits per heavy atom. The van der Waals surface area contributed by atoms with Crippen molar-refractivity contribution in [1.29, 1.82) is 0 Å². The van der Waals surface area contributed by atoms with Crippen LogP contribution in [0.15, 0.2) is 42.5 Å². The van der Waals surface area contributed by atoms with Crippen molar-refractivity contribution in [1.82, 2.24) is 14.6 Å². The van der Waals surface area contributed by atoms with Crippen molar-refractivity contribution >= 4 is 11.9 Å². The second-order valence-electron chi connectivity index (χ2n) is 3.80. The summed E-state index contributed by atoms with van der Waals surface area (Å²) in [5, 5.41) is 17.9. The van der Waals surface area contributed by atoms with Gasteiger partial charge < -0.3 is 5.11 Å². The highest BCUT2D eigenvalue weighted by atomic mass is 16.3. The van der Waals surface area contributed by atoms with Crippen LogP contribution in [0.4, 0.5) is 0 Å². The Labute approximate surface area is 102 Å². The van der Waals surface area contributed by atoms with Gasteiger partial charge in [-0.25, -0.2) is 0 Å². The zero-order valence-electron chi connectivity index (χ0n) is 9.32. The van der Waals surface area contributed by atoms with E-state index in [9.17, 15) is 9.90 Å². The zero-order valence-corrected chi connectivity index (χ0v) is 9.32. The normalized spacial score (nSPS) is 10.7. The molecule has 5 heteroatoms. The topological polar surface area (TPSA) is 67.5 Å². The lowest BCUT2D eigenvalue weighted by Crippen LogP contribution is -1.97.